The third-order valence-electron chi connectivity index (χ3n) is 3.97. The Morgan fingerprint density at radius 1 is 1.39 bits per heavy atom. The van der Waals surface area contributed by atoms with Crippen molar-refractivity contribution >= 4 is 22.3 Å². The van der Waals surface area contributed by atoms with E-state index in [0.29, 0.717) is 12.0 Å². The minimum absolute atomic E-state index is 0.126. The van der Waals surface area contributed by atoms with Crippen molar-refractivity contribution in [2.75, 3.05) is 11.9 Å². The highest BCUT2D eigenvalue weighted by atomic mass is 32.1. The van der Waals surface area contributed by atoms with Crippen LogP contribution < -0.4 is 4.90 Å². The Hall–Kier alpha value is -0.900. The van der Waals surface area contributed by atoms with E-state index in [2.05, 4.69) is 23.9 Å². The lowest BCUT2D eigenvalue weighted by atomic mass is 9.85. The highest BCUT2D eigenvalue weighted by Crippen LogP contribution is 2.33. The second-order valence-electron chi connectivity index (χ2n) is 5.41. The van der Waals surface area contributed by atoms with Crippen molar-refractivity contribution < 1.29 is 4.79 Å². The molecule has 2 atom stereocenters. The predicted octanol–water partition coefficient (Wildman–Crippen LogP) is 3.67. The van der Waals surface area contributed by atoms with Crippen LogP contribution in [0, 0.1) is 12.8 Å². The topological polar surface area (TPSA) is 33.2 Å². The van der Waals surface area contributed by atoms with Crippen LogP contribution in [-0.2, 0) is 0 Å². The molecule has 4 heteroatoms. The summed E-state index contributed by atoms with van der Waals surface area (Å²) in [5, 5.41) is 0.997. The molecule has 2 unspecified atom stereocenters. The molecule has 1 heterocycles. The quantitative estimate of drug-likeness (QED) is 0.783. The monoisotopic (exact) mass is 266 g/mol. The fraction of sp³-hybridized carbons (Fsp3) is 0.714. The van der Waals surface area contributed by atoms with Crippen LogP contribution in [0.3, 0.4) is 0 Å². The van der Waals surface area contributed by atoms with E-state index in [0.717, 1.165) is 15.7 Å². The molecule has 0 saturated heterocycles. The molecule has 0 aliphatic heterocycles. The van der Waals surface area contributed by atoms with Crippen LogP contribution in [-0.4, -0.2) is 23.9 Å². The molecule has 0 N–H and O–H groups in total. The van der Waals surface area contributed by atoms with Gasteiger partial charge in [0.05, 0.1) is 10.6 Å². The lowest BCUT2D eigenvalue weighted by Crippen LogP contribution is -2.38. The van der Waals surface area contributed by atoms with Crippen LogP contribution in [0.15, 0.2) is 0 Å². The number of nitrogens with zero attached hydrogens (tertiary/aromatic N) is 2. The summed E-state index contributed by atoms with van der Waals surface area (Å²) in [4.78, 5) is 19.2. The first-order valence-corrected chi connectivity index (χ1v) is 7.53. The van der Waals surface area contributed by atoms with Crippen molar-refractivity contribution in [2.24, 2.45) is 5.92 Å². The molecule has 2 rings (SSSR count). The molecule has 0 bridgehead atoms. The number of ketones is 1. The van der Waals surface area contributed by atoms with Gasteiger partial charge in [-0.1, -0.05) is 31.1 Å². The molecule has 3 nitrogen and oxygen atoms in total. The van der Waals surface area contributed by atoms with Gasteiger partial charge < -0.3 is 4.90 Å². The lowest BCUT2D eigenvalue weighted by molar-refractivity contribution is 0.102. The number of carbonyl (C=O) groups excluding carboxylic acids is 1. The zero-order valence-corrected chi connectivity index (χ0v) is 12.5. The molecule has 0 amide bonds. The average Bonchev–Trinajstić information content (AvgIpc) is 2.71. The summed E-state index contributed by atoms with van der Waals surface area (Å²) < 4.78 is 0. The minimum Gasteiger partial charge on any atom is -0.348 e. The molecule has 100 valence electrons. The number of Topliss-reactive ketones (excluding diaryl/α,β-unsaturated/α-hetero) is 1. The molecule has 1 aliphatic rings. The molecule has 0 aromatic carbocycles. The van der Waals surface area contributed by atoms with Crippen molar-refractivity contribution in [3.63, 3.8) is 0 Å². The average molecular weight is 266 g/mol. The van der Waals surface area contributed by atoms with Crippen molar-refractivity contribution in [1.82, 2.24) is 4.98 Å². The fourth-order valence-corrected chi connectivity index (χ4v) is 3.86. The second kappa shape index (κ2) is 5.39. The Bertz CT molecular complexity index is 441. The second-order valence-corrected chi connectivity index (χ2v) is 6.38. The number of aryl methyl sites for hydroxylation is 1. The van der Waals surface area contributed by atoms with Gasteiger partial charge in [0.15, 0.2) is 10.9 Å². The van der Waals surface area contributed by atoms with Crippen LogP contribution in [0.25, 0.3) is 0 Å². The Labute approximate surface area is 113 Å². The molecule has 18 heavy (non-hydrogen) atoms. The maximum Gasteiger partial charge on any atom is 0.186 e. The molecule has 0 spiro atoms. The number of aromatic nitrogens is 1. The van der Waals surface area contributed by atoms with Gasteiger partial charge in [-0.05, 0) is 25.7 Å². The van der Waals surface area contributed by atoms with Gasteiger partial charge in [-0.2, -0.15) is 0 Å². The third kappa shape index (κ3) is 2.58. The van der Waals surface area contributed by atoms with E-state index < -0.39 is 0 Å². The van der Waals surface area contributed by atoms with E-state index in [4.69, 9.17) is 0 Å². The number of hydrogen-bond acceptors (Lipinski definition) is 4. The van der Waals surface area contributed by atoms with Crippen molar-refractivity contribution in [2.45, 2.75) is 52.5 Å². The maximum absolute atomic E-state index is 11.5. The van der Waals surface area contributed by atoms with Gasteiger partial charge in [-0.15, -0.1) is 0 Å². The van der Waals surface area contributed by atoms with E-state index in [1.54, 1.807) is 6.92 Å². The van der Waals surface area contributed by atoms with Gasteiger partial charge in [-0.25, -0.2) is 4.98 Å². The fourth-order valence-electron chi connectivity index (χ4n) is 2.87. The normalized spacial score (nSPS) is 24.0. The third-order valence-corrected chi connectivity index (χ3v) is 5.32. The maximum atomic E-state index is 11.5. The van der Waals surface area contributed by atoms with E-state index >= 15 is 0 Å². The van der Waals surface area contributed by atoms with Crippen LogP contribution in [0.4, 0.5) is 5.13 Å². The molecular weight excluding hydrogens is 244 g/mol. The molecule has 1 aromatic heterocycles. The zero-order chi connectivity index (χ0) is 13.3. The summed E-state index contributed by atoms with van der Waals surface area (Å²) in [6.07, 6.45) is 5.20. The van der Waals surface area contributed by atoms with E-state index in [1.807, 2.05) is 6.92 Å². The minimum atomic E-state index is 0.126. The number of carbonyl (C=O) groups is 1. The van der Waals surface area contributed by atoms with Crippen LogP contribution in [0.1, 0.15) is 54.9 Å². The lowest BCUT2D eigenvalue weighted by Gasteiger charge is -2.36. The number of thiazole rings is 1. The SMILES string of the molecule is CC(=O)c1sc(N(C)C2CCCCC2C)nc1C. The Morgan fingerprint density at radius 3 is 2.61 bits per heavy atom. The highest BCUT2D eigenvalue weighted by Gasteiger charge is 2.27. The largest absolute Gasteiger partial charge is 0.348 e. The number of hydrogen-bond donors (Lipinski definition) is 0. The summed E-state index contributed by atoms with van der Waals surface area (Å²) in [7, 11) is 2.12. The molecule has 0 radical (unpaired) electrons. The van der Waals surface area contributed by atoms with Crippen LogP contribution in [0.5, 0.6) is 0 Å². The summed E-state index contributed by atoms with van der Waals surface area (Å²) in [6.45, 7) is 5.87. The van der Waals surface area contributed by atoms with Gasteiger partial charge >= 0.3 is 0 Å². The van der Waals surface area contributed by atoms with Crippen molar-refractivity contribution in [3.05, 3.63) is 10.6 Å². The van der Waals surface area contributed by atoms with Gasteiger partial charge in [0, 0.05) is 20.0 Å². The van der Waals surface area contributed by atoms with Gasteiger partial charge in [0.2, 0.25) is 0 Å². The number of anilines is 1. The van der Waals surface area contributed by atoms with Gasteiger partial charge in [0.25, 0.3) is 0 Å². The molecule has 1 aliphatic carbocycles. The van der Waals surface area contributed by atoms with Crippen LogP contribution in [0.2, 0.25) is 0 Å². The first-order valence-electron chi connectivity index (χ1n) is 6.72. The standard InChI is InChI=1S/C14H22N2OS/c1-9-7-5-6-8-12(9)16(4)14-15-10(2)13(18-14)11(3)17/h9,12H,5-8H2,1-4H3. The first kappa shape index (κ1) is 13.5. The van der Waals surface area contributed by atoms with E-state index in [-0.39, 0.29) is 5.78 Å². The van der Waals surface area contributed by atoms with Crippen molar-refractivity contribution in [1.29, 1.82) is 0 Å². The van der Waals surface area contributed by atoms with Gasteiger partial charge in [-0.3, -0.25) is 4.79 Å². The van der Waals surface area contributed by atoms with Gasteiger partial charge in [0.1, 0.15) is 0 Å². The molecule has 1 saturated carbocycles. The highest BCUT2D eigenvalue weighted by molar-refractivity contribution is 7.17. The first-order chi connectivity index (χ1) is 8.50. The van der Waals surface area contributed by atoms with E-state index in [1.165, 1.54) is 37.0 Å². The predicted molar refractivity (Wildman–Crippen MR) is 76.7 cm³/mol. The molecule has 1 fully saturated rings. The van der Waals surface area contributed by atoms with Crippen molar-refractivity contribution in [3.8, 4) is 0 Å². The summed E-state index contributed by atoms with van der Waals surface area (Å²) in [6, 6.07) is 0.573. The Morgan fingerprint density at radius 2 is 2.06 bits per heavy atom. The molecular formula is C14H22N2OS. The summed E-state index contributed by atoms with van der Waals surface area (Å²) >= 11 is 1.54. The smallest absolute Gasteiger partial charge is 0.186 e. The summed E-state index contributed by atoms with van der Waals surface area (Å²) in [5.74, 6) is 0.843. The van der Waals surface area contributed by atoms with Crippen LogP contribution >= 0.6 is 11.3 Å². The number of rotatable bonds is 3. The Kier molecular flexibility index (Phi) is 4.05. The van der Waals surface area contributed by atoms with E-state index in [9.17, 15) is 4.79 Å². The summed E-state index contributed by atoms with van der Waals surface area (Å²) in [5.41, 5.74) is 0.873. The molecule has 1 aromatic rings. The zero-order valence-electron chi connectivity index (χ0n) is 11.7. The Balaban J connectivity index is 2.20.